The first-order valence-corrected chi connectivity index (χ1v) is 8.70. The lowest BCUT2D eigenvalue weighted by Crippen LogP contribution is -2.50. The molecule has 2 fully saturated rings. The number of carbonyl (C=O) groups is 1. The molecule has 122 valence electrons. The molecule has 0 bridgehead atoms. The van der Waals surface area contributed by atoms with Gasteiger partial charge in [-0.25, -0.2) is 0 Å². The third-order valence-corrected chi connectivity index (χ3v) is 5.10. The van der Waals surface area contributed by atoms with Crippen LogP contribution in [-0.4, -0.2) is 42.0 Å². The number of rotatable bonds is 2. The molecule has 1 aliphatic heterocycles. The lowest BCUT2D eigenvalue weighted by atomic mass is 9.88. The molecule has 2 aromatic rings. The molecule has 2 heterocycles. The van der Waals surface area contributed by atoms with Crippen LogP contribution in [0.25, 0.3) is 11.1 Å². The van der Waals surface area contributed by atoms with Gasteiger partial charge in [-0.2, -0.15) is 4.98 Å². The van der Waals surface area contributed by atoms with Crippen LogP contribution < -0.4 is 4.90 Å². The minimum Gasteiger partial charge on any atom is -0.423 e. The molecule has 1 aromatic carbocycles. The molecule has 0 unspecified atom stereocenters. The number of nitrogens with zero attached hydrogens (tertiary/aromatic N) is 3. The largest absolute Gasteiger partial charge is 0.423 e. The topological polar surface area (TPSA) is 49.6 Å². The molecule has 1 aromatic heterocycles. The smallest absolute Gasteiger partial charge is 0.298 e. The van der Waals surface area contributed by atoms with Crippen LogP contribution in [0, 0.1) is 5.92 Å². The maximum absolute atomic E-state index is 12.6. The van der Waals surface area contributed by atoms with Gasteiger partial charge in [0.15, 0.2) is 5.58 Å². The second kappa shape index (κ2) is 6.22. The number of anilines is 1. The summed E-state index contributed by atoms with van der Waals surface area (Å²) < 4.78 is 5.83. The molecule has 1 amide bonds. The Morgan fingerprint density at radius 1 is 1.04 bits per heavy atom. The molecule has 0 spiro atoms. The third-order valence-electron chi connectivity index (χ3n) is 5.10. The van der Waals surface area contributed by atoms with Crippen molar-refractivity contribution >= 4 is 23.0 Å². The van der Waals surface area contributed by atoms with Crippen LogP contribution in [-0.2, 0) is 4.79 Å². The Labute approximate surface area is 136 Å². The first-order chi connectivity index (χ1) is 11.3. The zero-order valence-corrected chi connectivity index (χ0v) is 13.4. The summed E-state index contributed by atoms with van der Waals surface area (Å²) in [6, 6.07) is 8.50. The van der Waals surface area contributed by atoms with Gasteiger partial charge in [-0.1, -0.05) is 31.4 Å². The standard InChI is InChI=1S/C18H23N3O2/c22-17(14-6-2-1-3-7-14)20-10-12-21(13-11-20)18-19-15-8-4-5-9-16(15)23-18/h4-5,8-9,14H,1-3,6-7,10-13H2. The van der Waals surface area contributed by atoms with Crippen LogP contribution in [0.15, 0.2) is 28.7 Å². The Morgan fingerprint density at radius 2 is 1.78 bits per heavy atom. The van der Waals surface area contributed by atoms with Crippen LogP contribution >= 0.6 is 0 Å². The van der Waals surface area contributed by atoms with Gasteiger partial charge in [-0.15, -0.1) is 0 Å². The van der Waals surface area contributed by atoms with Crippen LogP contribution in [0.1, 0.15) is 32.1 Å². The first kappa shape index (κ1) is 14.5. The Hall–Kier alpha value is -2.04. The number of aromatic nitrogens is 1. The fraction of sp³-hybridized carbons (Fsp3) is 0.556. The number of benzene rings is 1. The summed E-state index contributed by atoms with van der Waals surface area (Å²) in [6.07, 6.45) is 5.85. The Balaban J connectivity index is 1.39. The van der Waals surface area contributed by atoms with Gasteiger partial charge in [0.25, 0.3) is 6.01 Å². The van der Waals surface area contributed by atoms with Crippen molar-refractivity contribution in [2.24, 2.45) is 5.92 Å². The van der Waals surface area contributed by atoms with E-state index in [1.54, 1.807) is 0 Å². The highest BCUT2D eigenvalue weighted by Gasteiger charge is 2.29. The number of amides is 1. The number of hydrogen-bond acceptors (Lipinski definition) is 4. The van der Waals surface area contributed by atoms with E-state index in [1.807, 2.05) is 29.2 Å². The van der Waals surface area contributed by atoms with Crippen LogP contribution in [0.5, 0.6) is 0 Å². The summed E-state index contributed by atoms with van der Waals surface area (Å²) in [6.45, 7) is 3.14. The minimum atomic E-state index is 0.264. The van der Waals surface area contributed by atoms with E-state index in [0.717, 1.165) is 50.1 Å². The second-order valence-corrected chi connectivity index (χ2v) is 6.61. The fourth-order valence-electron chi connectivity index (χ4n) is 3.72. The monoisotopic (exact) mass is 313 g/mol. The SMILES string of the molecule is O=C(C1CCCCC1)N1CCN(c2nc3ccccc3o2)CC1. The van der Waals surface area contributed by atoms with E-state index >= 15 is 0 Å². The Morgan fingerprint density at radius 3 is 2.52 bits per heavy atom. The van der Waals surface area contributed by atoms with Crippen molar-refractivity contribution in [3.63, 3.8) is 0 Å². The molecule has 5 heteroatoms. The molecular weight excluding hydrogens is 290 g/mol. The number of para-hydroxylation sites is 2. The Bertz CT molecular complexity index is 649. The average molecular weight is 313 g/mol. The summed E-state index contributed by atoms with van der Waals surface area (Å²) in [7, 11) is 0. The molecule has 0 atom stereocenters. The van der Waals surface area contributed by atoms with E-state index in [2.05, 4.69) is 9.88 Å². The van der Waals surface area contributed by atoms with E-state index in [0.29, 0.717) is 11.9 Å². The minimum absolute atomic E-state index is 0.264. The summed E-state index contributed by atoms with van der Waals surface area (Å²) in [4.78, 5) is 21.3. The zero-order valence-electron chi connectivity index (χ0n) is 13.4. The Kier molecular flexibility index (Phi) is 3.93. The van der Waals surface area contributed by atoms with Crippen molar-refractivity contribution in [3.05, 3.63) is 24.3 Å². The van der Waals surface area contributed by atoms with Crippen molar-refractivity contribution in [1.82, 2.24) is 9.88 Å². The van der Waals surface area contributed by atoms with E-state index < -0.39 is 0 Å². The highest BCUT2D eigenvalue weighted by molar-refractivity contribution is 5.79. The summed E-state index contributed by atoms with van der Waals surface area (Å²) in [5.74, 6) is 0.626. The number of piperazine rings is 1. The van der Waals surface area contributed by atoms with E-state index in [9.17, 15) is 4.79 Å². The van der Waals surface area contributed by atoms with Crippen molar-refractivity contribution in [2.45, 2.75) is 32.1 Å². The number of hydrogen-bond donors (Lipinski definition) is 0. The van der Waals surface area contributed by atoms with Gasteiger partial charge in [0.2, 0.25) is 5.91 Å². The van der Waals surface area contributed by atoms with Crippen molar-refractivity contribution < 1.29 is 9.21 Å². The summed E-state index contributed by atoms with van der Waals surface area (Å²) in [5, 5.41) is 0. The molecule has 23 heavy (non-hydrogen) atoms. The van der Waals surface area contributed by atoms with E-state index in [4.69, 9.17) is 4.42 Å². The molecule has 0 radical (unpaired) electrons. The fourth-order valence-corrected chi connectivity index (χ4v) is 3.72. The summed E-state index contributed by atoms with van der Waals surface area (Å²) >= 11 is 0. The van der Waals surface area contributed by atoms with Crippen LogP contribution in [0.2, 0.25) is 0 Å². The van der Waals surface area contributed by atoms with Gasteiger partial charge < -0.3 is 14.2 Å². The van der Waals surface area contributed by atoms with Crippen LogP contribution in [0.4, 0.5) is 6.01 Å². The predicted molar refractivity (Wildman–Crippen MR) is 89.4 cm³/mol. The molecule has 1 saturated heterocycles. The van der Waals surface area contributed by atoms with Crippen LogP contribution in [0.3, 0.4) is 0 Å². The maximum atomic E-state index is 12.6. The molecule has 5 nitrogen and oxygen atoms in total. The first-order valence-electron chi connectivity index (χ1n) is 8.70. The second-order valence-electron chi connectivity index (χ2n) is 6.61. The third kappa shape index (κ3) is 2.92. The molecule has 0 N–H and O–H groups in total. The van der Waals surface area contributed by atoms with Crippen molar-refractivity contribution in [3.8, 4) is 0 Å². The highest BCUT2D eigenvalue weighted by Crippen LogP contribution is 2.27. The highest BCUT2D eigenvalue weighted by atomic mass is 16.4. The predicted octanol–water partition coefficient (Wildman–Crippen LogP) is 3.06. The van der Waals surface area contributed by atoms with Gasteiger partial charge in [0.05, 0.1) is 0 Å². The van der Waals surface area contributed by atoms with Gasteiger partial charge >= 0.3 is 0 Å². The lowest BCUT2D eigenvalue weighted by Gasteiger charge is -2.36. The normalized spacial score (nSPS) is 20.2. The molecule has 1 saturated carbocycles. The van der Waals surface area contributed by atoms with Gasteiger partial charge in [-0.05, 0) is 25.0 Å². The number of carbonyl (C=O) groups excluding carboxylic acids is 1. The summed E-state index contributed by atoms with van der Waals surface area (Å²) in [5.41, 5.74) is 1.71. The molecule has 1 aliphatic carbocycles. The molecular formula is C18H23N3O2. The molecule has 2 aliphatic rings. The van der Waals surface area contributed by atoms with Gasteiger partial charge in [-0.3, -0.25) is 4.79 Å². The zero-order chi connectivity index (χ0) is 15.6. The lowest BCUT2D eigenvalue weighted by molar-refractivity contribution is -0.136. The van der Waals surface area contributed by atoms with Gasteiger partial charge in [0, 0.05) is 32.1 Å². The number of fused-ring (bicyclic) bond motifs is 1. The average Bonchev–Trinajstić information content (AvgIpc) is 3.06. The van der Waals surface area contributed by atoms with Gasteiger partial charge in [0.1, 0.15) is 5.52 Å². The quantitative estimate of drug-likeness (QED) is 0.855. The van der Waals surface area contributed by atoms with Crippen molar-refractivity contribution in [1.29, 1.82) is 0 Å². The van der Waals surface area contributed by atoms with Crippen molar-refractivity contribution in [2.75, 3.05) is 31.1 Å². The molecule has 4 rings (SSSR count). The number of oxazole rings is 1. The maximum Gasteiger partial charge on any atom is 0.298 e. The van der Waals surface area contributed by atoms with E-state index in [-0.39, 0.29) is 5.92 Å². The van der Waals surface area contributed by atoms with E-state index in [1.165, 1.54) is 19.3 Å².